The molecule has 3 rings (SSSR count). The van der Waals surface area contributed by atoms with Crippen LogP contribution in [0.15, 0.2) is 0 Å². The fraction of sp³-hybridized carbons (Fsp3) is 0.750. The van der Waals surface area contributed by atoms with Gasteiger partial charge in [0.15, 0.2) is 10.4 Å². The fourth-order valence-electron chi connectivity index (χ4n) is 3.74. The number of aromatic amines is 1. The third kappa shape index (κ3) is 2.45. The van der Waals surface area contributed by atoms with Crippen molar-refractivity contribution in [3.8, 4) is 0 Å². The average molecular weight is 306 g/mol. The van der Waals surface area contributed by atoms with Crippen LogP contribution >= 0.6 is 12.2 Å². The van der Waals surface area contributed by atoms with Gasteiger partial charge in [0.1, 0.15) is 5.52 Å². The topological polar surface area (TPSA) is 38.5 Å². The van der Waals surface area contributed by atoms with Gasteiger partial charge in [0.25, 0.3) is 0 Å². The molecule has 1 aliphatic carbocycles. The molecule has 0 spiro atoms. The molecule has 5 heteroatoms. The van der Waals surface area contributed by atoms with Gasteiger partial charge in [-0.1, -0.05) is 27.2 Å². The summed E-state index contributed by atoms with van der Waals surface area (Å²) in [4.78, 5) is 3.42. The van der Waals surface area contributed by atoms with E-state index >= 15 is 0 Å². The maximum Gasteiger partial charge on any atom is 0.179 e. The van der Waals surface area contributed by atoms with Gasteiger partial charge >= 0.3 is 0 Å². The molecule has 3 unspecified atom stereocenters. The van der Waals surface area contributed by atoms with E-state index in [9.17, 15) is 0 Å². The second-order valence-electron chi connectivity index (χ2n) is 6.74. The van der Waals surface area contributed by atoms with Crippen LogP contribution in [-0.2, 0) is 13.5 Å². The second-order valence-corrected chi connectivity index (χ2v) is 7.13. The molecule has 3 atom stereocenters. The number of imidazole rings is 1. The van der Waals surface area contributed by atoms with Crippen molar-refractivity contribution in [3.63, 3.8) is 0 Å². The van der Waals surface area contributed by atoms with Gasteiger partial charge in [0.05, 0.1) is 5.69 Å². The van der Waals surface area contributed by atoms with Crippen molar-refractivity contribution in [1.82, 2.24) is 19.3 Å². The summed E-state index contributed by atoms with van der Waals surface area (Å²) in [7, 11) is 2.04. The molecule has 2 aromatic rings. The summed E-state index contributed by atoms with van der Waals surface area (Å²) in [5.74, 6) is 1.59. The molecule has 0 radical (unpaired) electrons. The number of hydrogen-bond acceptors (Lipinski definition) is 2. The van der Waals surface area contributed by atoms with Crippen LogP contribution in [0.4, 0.5) is 0 Å². The molecular weight excluding hydrogens is 280 g/mol. The lowest BCUT2D eigenvalue weighted by Gasteiger charge is -2.33. The first-order chi connectivity index (χ1) is 10.0. The van der Waals surface area contributed by atoms with Crippen LogP contribution in [0.25, 0.3) is 11.2 Å². The number of fused-ring (bicyclic) bond motifs is 1. The Morgan fingerprint density at radius 2 is 2.05 bits per heavy atom. The average Bonchev–Trinajstić information content (AvgIpc) is 2.92. The van der Waals surface area contributed by atoms with E-state index in [1.54, 1.807) is 0 Å². The van der Waals surface area contributed by atoms with E-state index in [0.717, 1.165) is 40.7 Å². The number of nitrogens with one attached hydrogen (secondary N) is 1. The lowest BCUT2D eigenvalue weighted by atomic mass is 9.79. The molecule has 2 heterocycles. The normalized spacial score (nSPS) is 26.6. The predicted molar refractivity (Wildman–Crippen MR) is 89.1 cm³/mol. The highest BCUT2D eigenvalue weighted by atomic mass is 32.1. The van der Waals surface area contributed by atoms with Crippen LogP contribution < -0.4 is 0 Å². The van der Waals surface area contributed by atoms with E-state index in [1.807, 2.05) is 11.7 Å². The van der Waals surface area contributed by atoms with Crippen LogP contribution in [0.5, 0.6) is 0 Å². The number of nitrogens with zero attached hydrogens (tertiary/aromatic N) is 3. The largest absolute Gasteiger partial charge is 0.328 e. The van der Waals surface area contributed by atoms with Crippen LogP contribution in [0, 0.1) is 16.6 Å². The Bertz CT molecular complexity index is 693. The van der Waals surface area contributed by atoms with Gasteiger partial charge in [0, 0.05) is 13.1 Å². The molecule has 21 heavy (non-hydrogen) atoms. The Balaban J connectivity index is 2.06. The number of H-pyrrole nitrogens is 1. The molecule has 1 fully saturated rings. The molecule has 0 aromatic carbocycles. The minimum absolute atomic E-state index is 0.516. The van der Waals surface area contributed by atoms with Crippen LogP contribution in [0.1, 0.15) is 58.2 Å². The molecule has 4 nitrogen and oxygen atoms in total. The highest BCUT2D eigenvalue weighted by Gasteiger charge is 2.28. The van der Waals surface area contributed by atoms with Crippen molar-refractivity contribution in [2.45, 2.75) is 58.9 Å². The Kier molecular flexibility index (Phi) is 3.95. The summed E-state index contributed by atoms with van der Waals surface area (Å²) in [6.45, 7) is 6.93. The highest BCUT2D eigenvalue weighted by molar-refractivity contribution is 7.71. The van der Waals surface area contributed by atoms with E-state index < -0.39 is 0 Å². The van der Waals surface area contributed by atoms with Crippen molar-refractivity contribution < 1.29 is 0 Å². The van der Waals surface area contributed by atoms with Crippen molar-refractivity contribution in [2.75, 3.05) is 0 Å². The Morgan fingerprint density at radius 1 is 1.29 bits per heavy atom. The van der Waals surface area contributed by atoms with Crippen molar-refractivity contribution >= 4 is 23.4 Å². The first-order valence-corrected chi connectivity index (χ1v) is 8.59. The summed E-state index contributed by atoms with van der Waals surface area (Å²) in [6, 6.07) is 0.516. The number of aromatic nitrogens is 4. The zero-order valence-electron chi connectivity index (χ0n) is 13.5. The maximum absolute atomic E-state index is 5.63. The van der Waals surface area contributed by atoms with Crippen LogP contribution in [0.3, 0.4) is 0 Å². The molecule has 0 saturated heterocycles. The molecule has 1 saturated carbocycles. The van der Waals surface area contributed by atoms with Gasteiger partial charge in [-0.3, -0.25) is 9.25 Å². The number of aryl methyl sites for hydroxylation is 2. The molecule has 0 aliphatic heterocycles. The van der Waals surface area contributed by atoms with Gasteiger partial charge in [-0.2, -0.15) is 5.10 Å². The third-order valence-electron chi connectivity index (χ3n) is 5.19. The summed E-state index contributed by atoms with van der Waals surface area (Å²) in [5.41, 5.74) is 3.47. The van der Waals surface area contributed by atoms with Crippen molar-refractivity contribution in [1.29, 1.82) is 0 Å². The first kappa shape index (κ1) is 14.8. The van der Waals surface area contributed by atoms with Crippen molar-refractivity contribution in [3.05, 3.63) is 10.5 Å². The highest BCUT2D eigenvalue weighted by Crippen LogP contribution is 2.38. The van der Waals surface area contributed by atoms with E-state index in [2.05, 4.69) is 35.4 Å². The fourth-order valence-corrected chi connectivity index (χ4v) is 4.08. The van der Waals surface area contributed by atoms with Crippen LogP contribution in [0.2, 0.25) is 0 Å². The maximum atomic E-state index is 5.63. The molecule has 0 bridgehead atoms. The zero-order chi connectivity index (χ0) is 15.1. The summed E-state index contributed by atoms with van der Waals surface area (Å²) >= 11 is 5.63. The molecule has 1 N–H and O–H groups in total. The predicted octanol–water partition coefficient (Wildman–Crippen LogP) is 4.38. The smallest absolute Gasteiger partial charge is 0.179 e. The van der Waals surface area contributed by atoms with Gasteiger partial charge in [0.2, 0.25) is 0 Å². The van der Waals surface area contributed by atoms with E-state index in [0.29, 0.717) is 6.04 Å². The monoisotopic (exact) mass is 306 g/mol. The van der Waals surface area contributed by atoms with Gasteiger partial charge in [-0.05, 0) is 49.7 Å². The molecule has 116 valence electrons. The lowest BCUT2D eigenvalue weighted by Crippen LogP contribution is -2.24. The van der Waals surface area contributed by atoms with E-state index in [1.165, 1.54) is 24.9 Å². The molecule has 2 aromatic heterocycles. The molecular formula is C16H26N4S. The molecule has 1 aliphatic rings. The summed E-state index contributed by atoms with van der Waals surface area (Å²) in [6.07, 6.45) is 5.85. The summed E-state index contributed by atoms with van der Waals surface area (Å²) in [5, 5.41) is 4.69. The first-order valence-electron chi connectivity index (χ1n) is 8.19. The zero-order valence-corrected chi connectivity index (χ0v) is 14.3. The number of rotatable bonds is 3. The van der Waals surface area contributed by atoms with E-state index in [4.69, 9.17) is 12.2 Å². The van der Waals surface area contributed by atoms with Crippen LogP contribution in [-0.4, -0.2) is 19.3 Å². The Morgan fingerprint density at radius 3 is 2.71 bits per heavy atom. The Labute approximate surface area is 131 Å². The SMILES string of the molecule is CCCc1nn(C)c2c1[nH]c(=S)n2C1CCC(C)C(C)C1. The minimum Gasteiger partial charge on any atom is -0.328 e. The number of hydrogen-bond donors (Lipinski definition) is 1. The van der Waals surface area contributed by atoms with Gasteiger partial charge in [-0.25, -0.2) is 0 Å². The van der Waals surface area contributed by atoms with Gasteiger partial charge < -0.3 is 4.98 Å². The second kappa shape index (κ2) is 5.59. The van der Waals surface area contributed by atoms with Gasteiger partial charge in [-0.15, -0.1) is 0 Å². The third-order valence-corrected chi connectivity index (χ3v) is 5.49. The quantitative estimate of drug-likeness (QED) is 0.855. The van der Waals surface area contributed by atoms with E-state index in [-0.39, 0.29) is 0 Å². The Hall–Kier alpha value is -1.10. The molecule has 0 amide bonds. The van der Waals surface area contributed by atoms with Crippen molar-refractivity contribution in [2.24, 2.45) is 18.9 Å². The standard InChI is InChI=1S/C16H26N4S/c1-5-6-13-14-15(19(4)18-13)20(16(21)17-14)12-8-7-10(2)11(3)9-12/h10-12H,5-9H2,1-4H3,(H,17,21). The summed E-state index contributed by atoms with van der Waals surface area (Å²) < 4.78 is 5.20. The lowest BCUT2D eigenvalue weighted by molar-refractivity contribution is 0.211. The minimum atomic E-state index is 0.516.